The van der Waals surface area contributed by atoms with Crippen LogP contribution in [0.1, 0.15) is 0 Å². The fourth-order valence-electron chi connectivity index (χ4n) is 2.39. The molecule has 0 unspecified atom stereocenters. The quantitative estimate of drug-likeness (QED) is 0.647. The smallest absolute Gasteiger partial charge is 0.259 e. The van der Waals surface area contributed by atoms with Gasteiger partial charge in [0.25, 0.3) is 5.56 Å². The highest BCUT2D eigenvalue weighted by molar-refractivity contribution is 5.85. The molecule has 0 radical (unpaired) electrons. The summed E-state index contributed by atoms with van der Waals surface area (Å²) < 4.78 is 1.65. The van der Waals surface area contributed by atoms with Crippen LogP contribution in [0.25, 0.3) is 22.0 Å². The number of terminal acetylenes is 1. The Labute approximate surface area is 117 Å². The molecular formula is C18H13NO. The second-order valence-corrected chi connectivity index (χ2v) is 4.58. The van der Waals surface area contributed by atoms with Gasteiger partial charge in [-0.1, -0.05) is 54.5 Å². The summed E-state index contributed by atoms with van der Waals surface area (Å²) in [6.45, 7) is 0.272. The molecule has 0 aliphatic rings. The van der Waals surface area contributed by atoms with Crippen molar-refractivity contribution in [1.82, 2.24) is 4.57 Å². The van der Waals surface area contributed by atoms with Crippen LogP contribution in [0, 0.1) is 12.3 Å². The van der Waals surface area contributed by atoms with Crippen LogP contribution in [-0.2, 0) is 6.54 Å². The summed E-state index contributed by atoms with van der Waals surface area (Å²) in [5.74, 6) is 2.56. The van der Waals surface area contributed by atoms with Crippen molar-refractivity contribution >= 4 is 10.8 Å². The number of aromatic nitrogens is 1. The van der Waals surface area contributed by atoms with Crippen LogP contribution in [-0.4, -0.2) is 4.57 Å². The second-order valence-electron chi connectivity index (χ2n) is 4.58. The first-order valence-corrected chi connectivity index (χ1v) is 6.43. The third-order valence-electron chi connectivity index (χ3n) is 3.34. The van der Waals surface area contributed by atoms with Crippen molar-refractivity contribution in [2.45, 2.75) is 6.54 Å². The Morgan fingerprint density at radius 3 is 2.45 bits per heavy atom. The Bertz CT molecular complexity index is 854. The molecule has 1 heterocycles. The number of nitrogens with zero attached hydrogens (tertiary/aromatic N) is 1. The van der Waals surface area contributed by atoms with E-state index >= 15 is 0 Å². The normalized spacial score (nSPS) is 10.3. The van der Waals surface area contributed by atoms with E-state index in [4.69, 9.17) is 6.42 Å². The van der Waals surface area contributed by atoms with Gasteiger partial charge in [0.1, 0.15) is 0 Å². The molecule has 3 aromatic rings. The summed E-state index contributed by atoms with van der Waals surface area (Å²) in [7, 11) is 0. The molecule has 2 nitrogen and oxygen atoms in total. The Morgan fingerprint density at radius 1 is 1.00 bits per heavy atom. The lowest BCUT2D eigenvalue weighted by molar-refractivity contribution is 0.816. The third kappa shape index (κ3) is 2.00. The fraction of sp³-hybridized carbons (Fsp3) is 0.0556. The Hall–Kier alpha value is -2.79. The lowest BCUT2D eigenvalue weighted by Crippen LogP contribution is -2.21. The summed E-state index contributed by atoms with van der Waals surface area (Å²) in [5, 5.41) is 1.63. The predicted octanol–water partition coefficient (Wildman–Crippen LogP) is 3.30. The van der Waals surface area contributed by atoms with Crippen molar-refractivity contribution in [2.24, 2.45) is 0 Å². The van der Waals surface area contributed by atoms with Gasteiger partial charge >= 0.3 is 0 Å². The van der Waals surface area contributed by atoms with Gasteiger partial charge in [-0.05, 0) is 23.1 Å². The van der Waals surface area contributed by atoms with Gasteiger partial charge in [0, 0.05) is 5.39 Å². The molecule has 1 aromatic heterocycles. The molecule has 0 bridgehead atoms. The minimum atomic E-state index is -0.0418. The molecule has 0 aliphatic carbocycles. The second kappa shape index (κ2) is 5.07. The molecule has 0 N–H and O–H groups in total. The van der Waals surface area contributed by atoms with Crippen LogP contribution < -0.4 is 5.56 Å². The minimum absolute atomic E-state index is 0.0418. The van der Waals surface area contributed by atoms with Crippen LogP contribution in [0.3, 0.4) is 0 Å². The molecule has 0 saturated carbocycles. The predicted molar refractivity (Wildman–Crippen MR) is 82.5 cm³/mol. The van der Waals surface area contributed by atoms with E-state index in [2.05, 4.69) is 5.92 Å². The Balaban J connectivity index is 2.39. The van der Waals surface area contributed by atoms with Gasteiger partial charge in [-0.2, -0.15) is 0 Å². The van der Waals surface area contributed by atoms with E-state index in [1.807, 2.05) is 60.7 Å². The molecule has 2 aromatic carbocycles. The highest BCUT2D eigenvalue weighted by Crippen LogP contribution is 2.21. The fourth-order valence-corrected chi connectivity index (χ4v) is 2.39. The van der Waals surface area contributed by atoms with Crippen LogP contribution in [0.4, 0.5) is 0 Å². The Morgan fingerprint density at radius 2 is 1.70 bits per heavy atom. The van der Waals surface area contributed by atoms with Crippen LogP contribution >= 0.6 is 0 Å². The first kappa shape index (κ1) is 12.3. The van der Waals surface area contributed by atoms with E-state index < -0.39 is 0 Å². The maximum atomic E-state index is 12.6. The van der Waals surface area contributed by atoms with Gasteiger partial charge < -0.3 is 0 Å². The van der Waals surface area contributed by atoms with Crippen molar-refractivity contribution < 1.29 is 0 Å². The molecule has 0 saturated heterocycles. The van der Waals surface area contributed by atoms with Gasteiger partial charge in [0.05, 0.1) is 12.2 Å². The van der Waals surface area contributed by atoms with Crippen molar-refractivity contribution in [1.29, 1.82) is 0 Å². The molecule has 20 heavy (non-hydrogen) atoms. The monoisotopic (exact) mass is 259 g/mol. The first-order chi connectivity index (χ1) is 9.81. The van der Waals surface area contributed by atoms with Gasteiger partial charge in [-0.25, -0.2) is 0 Å². The van der Waals surface area contributed by atoms with Crippen molar-refractivity contribution in [3.05, 3.63) is 71.0 Å². The van der Waals surface area contributed by atoms with Crippen LogP contribution in [0.2, 0.25) is 0 Å². The van der Waals surface area contributed by atoms with Crippen LogP contribution in [0.15, 0.2) is 65.5 Å². The third-order valence-corrected chi connectivity index (χ3v) is 3.34. The molecule has 2 heteroatoms. The zero-order valence-corrected chi connectivity index (χ0v) is 10.9. The van der Waals surface area contributed by atoms with E-state index in [9.17, 15) is 4.79 Å². The van der Waals surface area contributed by atoms with E-state index in [1.165, 1.54) is 0 Å². The number of fused-ring (bicyclic) bond motifs is 1. The first-order valence-electron chi connectivity index (χ1n) is 6.43. The molecule has 96 valence electrons. The summed E-state index contributed by atoms with van der Waals surface area (Å²) in [4.78, 5) is 12.6. The van der Waals surface area contributed by atoms with Gasteiger partial charge in [-0.15, -0.1) is 6.42 Å². The highest BCUT2D eigenvalue weighted by atomic mass is 16.1. The largest absolute Gasteiger partial charge is 0.296 e. The number of pyridine rings is 1. The molecule has 3 rings (SSSR count). The summed E-state index contributed by atoms with van der Waals surface area (Å²) in [6, 6.07) is 19.4. The molecule has 0 atom stereocenters. The van der Waals surface area contributed by atoms with Gasteiger partial charge in [0.2, 0.25) is 0 Å². The number of hydrogen-bond acceptors (Lipinski definition) is 1. The van der Waals surface area contributed by atoms with Crippen molar-refractivity contribution in [3.8, 4) is 23.6 Å². The lowest BCUT2D eigenvalue weighted by Gasteiger charge is -2.12. The maximum absolute atomic E-state index is 12.6. The topological polar surface area (TPSA) is 22.0 Å². The van der Waals surface area contributed by atoms with Crippen molar-refractivity contribution in [3.63, 3.8) is 0 Å². The molecule has 0 fully saturated rings. The zero-order valence-electron chi connectivity index (χ0n) is 10.9. The number of hydrogen-bond donors (Lipinski definition) is 0. The maximum Gasteiger partial charge on any atom is 0.259 e. The highest BCUT2D eigenvalue weighted by Gasteiger charge is 2.09. The van der Waals surface area contributed by atoms with Crippen molar-refractivity contribution in [2.75, 3.05) is 0 Å². The molecule has 0 spiro atoms. The number of benzene rings is 2. The van der Waals surface area contributed by atoms with E-state index in [0.717, 1.165) is 16.6 Å². The number of rotatable bonds is 2. The average molecular weight is 259 g/mol. The standard InChI is InChI=1S/C18H13NO/c1-2-12-19-17(14-8-4-3-5-9-14)13-15-10-6-7-11-16(15)18(19)20/h1,3-11,13H,12H2. The molecule has 0 amide bonds. The minimum Gasteiger partial charge on any atom is -0.296 e. The van der Waals surface area contributed by atoms with Crippen LogP contribution in [0.5, 0.6) is 0 Å². The molecule has 0 aliphatic heterocycles. The lowest BCUT2D eigenvalue weighted by atomic mass is 10.1. The summed E-state index contributed by atoms with van der Waals surface area (Å²) in [5.41, 5.74) is 1.80. The van der Waals surface area contributed by atoms with Gasteiger partial charge in [0.15, 0.2) is 0 Å². The average Bonchev–Trinajstić information content (AvgIpc) is 2.51. The van der Waals surface area contributed by atoms with E-state index in [-0.39, 0.29) is 12.1 Å². The summed E-state index contributed by atoms with van der Waals surface area (Å²) in [6.07, 6.45) is 5.41. The van der Waals surface area contributed by atoms with E-state index in [1.54, 1.807) is 4.57 Å². The summed E-state index contributed by atoms with van der Waals surface area (Å²) >= 11 is 0. The SMILES string of the molecule is C#CCn1c(-c2ccccc2)cc2ccccc2c1=O. The van der Waals surface area contributed by atoms with Gasteiger partial charge in [-0.3, -0.25) is 9.36 Å². The molecular weight excluding hydrogens is 246 g/mol. The zero-order chi connectivity index (χ0) is 13.9. The Kier molecular flexibility index (Phi) is 3.10. The van der Waals surface area contributed by atoms with E-state index in [0.29, 0.717) is 5.39 Å².